The third-order valence-corrected chi connectivity index (χ3v) is 6.12. The number of rotatable bonds is 5. The van der Waals surface area contributed by atoms with E-state index in [2.05, 4.69) is 15.5 Å². The molecule has 0 spiro atoms. The maximum atomic E-state index is 15.0. The van der Waals surface area contributed by atoms with Crippen LogP contribution in [0.15, 0.2) is 24.4 Å². The summed E-state index contributed by atoms with van der Waals surface area (Å²) in [5, 5.41) is 10.7. The highest BCUT2D eigenvalue weighted by molar-refractivity contribution is 6.42. The van der Waals surface area contributed by atoms with Crippen LogP contribution < -0.4 is 20.0 Å². The zero-order valence-corrected chi connectivity index (χ0v) is 18.7. The molecule has 12 heteroatoms. The molecule has 2 amide bonds. The number of hydrogen-bond donors (Lipinski definition) is 1. The zero-order chi connectivity index (χ0) is 22.8. The van der Waals surface area contributed by atoms with Crippen molar-refractivity contribution in [1.82, 2.24) is 15.5 Å². The Balaban J connectivity index is 1.40. The van der Waals surface area contributed by atoms with Gasteiger partial charge in [-0.25, -0.2) is 9.18 Å². The number of nitrogens with one attached hydrogen (secondary N) is 1. The Hall–Kier alpha value is -2.85. The van der Waals surface area contributed by atoms with Gasteiger partial charge < -0.3 is 19.9 Å². The molecule has 0 bridgehead atoms. The summed E-state index contributed by atoms with van der Waals surface area (Å²) in [4.78, 5) is 28.6. The Morgan fingerprint density at radius 2 is 1.91 bits per heavy atom. The molecule has 4 rings (SSSR count). The zero-order valence-electron chi connectivity index (χ0n) is 17.2. The second kappa shape index (κ2) is 9.33. The predicted molar refractivity (Wildman–Crippen MR) is 119 cm³/mol. The van der Waals surface area contributed by atoms with Gasteiger partial charge in [0, 0.05) is 33.1 Å². The molecule has 2 aliphatic rings. The molecule has 170 valence electrons. The van der Waals surface area contributed by atoms with Gasteiger partial charge in [0.15, 0.2) is 5.15 Å². The van der Waals surface area contributed by atoms with Crippen LogP contribution in [0.2, 0.25) is 10.2 Å². The first-order chi connectivity index (χ1) is 15.3. The van der Waals surface area contributed by atoms with E-state index in [-0.39, 0.29) is 24.1 Å². The molecule has 9 nitrogen and oxygen atoms in total. The van der Waals surface area contributed by atoms with Gasteiger partial charge in [-0.05, 0) is 18.2 Å². The molecule has 0 unspecified atom stereocenters. The van der Waals surface area contributed by atoms with Crippen LogP contribution in [-0.4, -0.2) is 67.6 Å². The van der Waals surface area contributed by atoms with E-state index in [1.54, 1.807) is 18.3 Å². The molecule has 2 saturated heterocycles. The number of benzene rings is 1. The highest BCUT2D eigenvalue weighted by Crippen LogP contribution is 2.32. The van der Waals surface area contributed by atoms with Gasteiger partial charge in [-0.3, -0.25) is 9.69 Å². The fraction of sp³-hybridized carbons (Fsp3) is 0.400. The number of carbonyl (C=O) groups excluding carboxylic acids is 2. The number of halogens is 3. The van der Waals surface area contributed by atoms with E-state index in [1.165, 1.54) is 17.9 Å². The van der Waals surface area contributed by atoms with Crippen LogP contribution in [0, 0.1) is 5.82 Å². The van der Waals surface area contributed by atoms with E-state index in [1.807, 2.05) is 9.80 Å². The fourth-order valence-electron chi connectivity index (χ4n) is 3.77. The molecule has 2 fully saturated rings. The lowest BCUT2D eigenvalue weighted by atomic mass is 10.2. The highest BCUT2D eigenvalue weighted by Gasteiger charge is 2.33. The number of anilines is 3. The van der Waals surface area contributed by atoms with Gasteiger partial charge in [-0.1, -0.05) is 23.2 Å². The van der Waals surface area contributed by atoms with Crippen molar-refractivity contribution >= 4 is 52.3 Å². The molecule has 1 atom stereocenters. The molecule has 2 aliphatic heterocycles. The number of aromatic nitrogens is 2. The van der Waals surface area contributed by atoms with E-state index < -0.39 is 18.0 Å². The third kappa shape index (κ3) is 4.66. The minimum atomic E-state index is -0.567. The topological polar surface area (TPSA) is 90.9 Å². The molecular weight excluding hydrogens is 462 g/mol. The second-order valence-electron chi connectivity index (χ2n) is 7.50. The fourth-order valence-corrected chi connectivity index (χ4v) is 4.11. The minimum absolute atomic E-state index is 0.146. The highest BCUT2D eigenvalue weighted by atomic mass is 35.5. The minimum Gasteiger partial charge on any atom is -0.442 e. The number of amides is 2. The summed E-state index contributed by atoms with van der Waals surface area (Å²) >= 11 is 12.2. The monoisotopic (exact) mass is 482 g/mol. The lowest BCUT2D eigenvalue weighted by Gasteiger charge is -2.37. The van der Waals surface area contributed by atoms with Gasteiger partial charge >= 0.3 is 6.09 Å². The normalized spacial score (nSPS) is 18.7. The van der Waals surface area contributed by atoms with E-state index in [4.69, 9.17) is 27.9 Å². The van der Waals surface area contributed by atoms with Crippen molar-refractivity contribution in [2.75, 3.05) is 54.0 Å². The summed E-state index contributed by atoms with van der Waals surface area (Å²) in [6.07, 6.45) is 0.515. The first-order valence-electron chi connectivity index (χ1n) is 10.0. The summed E-state index contributed by atoms with van der Waals surface area (Å²) < 4.78 is 20.2. The molecule has 32 heavy (non-hydrogen) atoms. The number of ether oxygens (including phenoxy) is 1. The molecule has 0 saturated carbocycles. The Kier molecular flexibility index (Phi) is 6.52. The maximum absolute atomic E-state index is 15.0. The van der Waals surface area contributed by atoms with Gasteiger partial charge in [-0.15, -0.1) is 5.10 Å². The van der Waals surface area contributed by atoms with Gasteiger partial charge in [0.1, 0.15) is 16.9 Å². The molecule has 0 radical (unpaired) electrons. The quantitative estimate of drug-likeness (QED) is 0.700. The van der Waals surface area contributed by atoms with Gasteiger partial charge in [0.25, 0.3) is 0 Å². The van der Waals surface area contributed by atoms with Crippen LogP contribution >= 0.6 is 23.2 Å². The number of nitrogens with zero attached hydrogens (tertiary/aromatic N) is 5. The molecular formula is C20H21Cl2FN6O3. The summed E-state index contributed by atoms with van der Waals surface area (Å²) in [5.41, 5.74) is 1.56. The first kappa shape index (κ1) is 22.3. The summed E-state index contributed by atoms with van der Waals surface area (Å²) in [7, 11) is 0. The number of piperazine rings is 1. The molecule has 1 aromatic heterocycles. The van der Waals surface area contributed by atoms with Crippen molar-refractivity contribution in [2.24, 2.45) is 0 Å². The summed E-state index contributed by atoms with van der Waals surface area (Å²) in [6.45, 7) is 4.18. The van der Waals surface area contributed by atoms with Crippen LogP contribution in [0.5, 0.6) is 0 Å². The number of hydrogen-bond acceptors (Lipinski definition) is 7. The van der Waals surface area contributed by atoms with Gasteiger partial charge in [0.2, 0.25) is 5.91 Å². The van der Waals surface area contributed by atoms with Crippen LogP contribution in [-0.2, 0) is 9.53 Å². The van der Waals surface area contributed by atoms with Crippen LogP contribution in [0.4, 0.5) is 26.2 Å². The van der Waals surface area contributed by atoms with Gasteiger partial charge in [-0.2, -0.15) is 5.10 Å². The Bertz CT molecular complexity index is 1030. The van der Waals surface area contributed by atoms with E-state index in [0.717, 1.165) is 0 Å². The van der Waals surface area contributed by atoms with Crippen LogP contribution in [0.25, 0.3) is 0 Å². The molecule has 3 heterocycles. The summed E-state index contributed by atoms with van der Waals surface area (Å²) in [5.74, 6) is -0.638. The summed E-state index contributed by atoms with van der Waals surface area (Å²) in [6, 6.07) is 4.68. The van der Waals surface area contributed by atoms with Crippen LogP contribution in [0.1, 0.15) is 6.92 Å². The Labute approximate surface area is 194 Å². The van der Waals surface area contributed by atoms with Crippen molar-refractivity contribution < 1.29 is 18.7 Å². The lowest BCUT2D eigenvalue weighted by Crippen LogP contribution is -2.47. The maximum Gasteiger partial charge on any atom is 0.414 e. The standard InChI is InChI=1S/C20H21Cl2FN6O3/c1-12(30)24-9-14-11-29(20(31)32-14)13-2-3-16(15(23)8-13)27-4-6-28(7-5-27)17-10-25-26-19(22)18(17)21/h2-3,8,10,14H,4-7,9,11H2,1H3,(H,24,30)/t14-/m0/s1. The van der Waals surface area contributed by atoms with Crippen molar-refractivity contribution in [3.05, 3.63) is 40.4 Å². The Morgan fingerprint density at radius 3 is 2.56 bits per heavy atom. The van der Waals surface area contributed by atoms with Crippen molar-refractivity contribution in [2.45, 2.75) is 13.0 Å². The average Bonchev–Trinajstić information content (AvgIpc) is 3.15. The predicted octanol–water partition coefficient (Wildman–Crippen LogP) is 2.71. The first-order valence-corrected chi connectivity index (χ1v) is 10.8. The SMILES string of the molecule is CC(=O)NC[C@H]1CN(c2ccc(N3CCN(c4cnnc(Cl)c4Cl)CC3)c(F)c2)C(=O)O1. The van der Waals surface area contributed by atoms with E-state index in [9.17, 15) is 14.0 Å². The number of carbonyl (C=O) groups is 2. The lowest BCUT2D eigenvalue weighted by molar-refractivity contribution is -0.119. The van der Waals surface area contributed by atoms with Gasteiger partial charge in [0.05, 0.1) is 36.3 Å². The van der Waals surface area contributed by atoms with E-state index >= 15 is 0 Å². The Morgan fingerprint density at radius 1 is 1.22 bits per heavy atom. The smallest absolute Gasteiger partial charge is 0.414 e. The molecule has 1 N–H and O–H groups in total. The van der Waals surface area contributed by atoms with Crippen molar-refractivity contribution in [3.63, 3.8) is 0 Å². The van der Waals surface area contributed by atoms with Crippen molar-refractivity contribution in [3.8, 4) is 0 Å². The third-order valence-electron chi connectivity index (χ3n) is 5.39. The van der Waals surface area contributed by atoms with Crippen molar-refractivity contribution in [1.29, 1.82) is 0 Å². The average molecular weight is 483 g/mol. The van der Waals surface area contributed by atoms with E-state index in [0.29, 0.717) is 48.3 Å². The van der Waals surface area contributed by atoms with Crippen LogP contribution in [0.3, 0.4) is 0 Å². The second-order valence-corrected chi connectivity index (χ2v) is 8.23. The molecule has 2 aromatic rings. The largest absolute Gasteiger partial charge is 0.442 e. The number of cyclic esters (lactones) is 1. The molecule has 0 aliphatic carbocycles. The molecule has 1 aromatic carbocycles.